The Hall–Kier alpha value is -3.60. The van der Waals surface area contributed by atoms with Crippen LogP contribution >= 0.6 is 0 Å². The Morgan fingerprint density at radius 3 is 2.33 bits per heavy atom. The Bertz CT molecular complexity index is 1220. The van der Waals surface area contributed by atoms with Gasteiger partial charge in [0.2, 0.25) is 11.5 Å². The van der Waals surface area contributed by atoms with Crippen LogP contribution in [0.2, 0.25) is 0 Å². The van der Waals surface area contributed by atoms with E-state index in [0.29, 0.717) is 11.1 Å². The normalized spacial score (nSPS) is 11.1. The number of furan rings is 1. The highest BCUT2D eigenvalue weighted by Crippen LogP contribution is 2.24. The number of ketones is 1. The van der Waals surface area contributed by atoms with Gasteiger partial charge in [-0.1, -0.05) is 24.3 Å². The van der Waals surface area contributed by atoms with E-state index in [1.54, 1.807) is 12.1 Å². The molecule has 4 aromatic rings. The molecule has 0 fully saturated rings. The Balaban J connectivity index is 1.53. The standard InChI is InChI=1S/C25H23NO4/c1-15-9-16(2)11-20(10-15)26-17(3)12-21(18(26)4)22(27)14-29-25(28)24-13-19-7-5-6-8-23(19)30-24/h5-13H,14H2,1-4H3. The molecule has 5 heteroatoms. The summed E-state index contributed by atoms with van der Waals surface area (Å²) in [5.74, 6) is -0.810. The molecule has 0 bridgehead atoms. The average molecular weight is 401 g/mol. The molecule has 30 heavy (non-hydrogen) atoms. The number of aryl methyl sites for hydroxylation is 3. The predicted molar refractivity (Wildman–Crippen MR) is 116 cm³/mol. The number of hydrogen-bond donors (Lipinski definition) is 0. The summed E-state index contributed by atoms with van der Waals surface area (Å²) in [6, 6.07) is 17.1. The summed E-state index contributed by atoms with van der Waals surface area (Å²) >= 11 is 0. The maximum absolute atomic E-state index is 12.8. The third kappa shape index (κ3) is 3.66. The minimum atomic E-state index is -0.650. The minimum Gasteiger partial charge on any atom is -0.451 e. The van der Waals surface area contributed by atoms with Crippen molar-refractivity contribution in [1.82, 2.24) is 4.57 Å². The van der Waals surface area contributed by atoms with Gasteiger partial charge in [0.1, 0.15) is 5.58 Å². The molecular weight excluding hydrogens is 378 g/mol. The first-order valence-corrected chi connectivity index (χ1v) is 9.80. The number of benzene rings is 2. The minimum absolute atomic E-state index is 0.0877. The molecule has 4 rings (SSSR count). The van der Waals surface area contributed by atoms with Crippen LogP contribution < -0.4 is 0 Å². The number of hydrogen-bond acceptors (Lipinski definition) is 4. The lowest BCUT2D eigenvalue weighted by molar-refractivity contribution is 0.0446. The molecule has 0 unspecified atom stereocenters. The maximum Gasteiger partial charge on any atom is 0.374 e. The summed E-state index contributed by atoms with van der Waals surface area (Å²) in [5, 5.41) is 0.813. The van der Waals surface area contributed by atoms with Crippen molar-refractivity contribution in [2.24, 2.45) is 0 Å². The van der Waals surface area contributed by atoms with Gasteiger partial charge in [0.05, 0.1) is 0 Å². The van der Waals surface area contributed by atoms with Gasteiger partial charge in [-0.3, -0.25) is 4.79 Å². The number of ether oxygens (including phenoxy) is 1. The van der Waals surface area contributed by atoms with Gasteiger partial charge in [0.25, 0.3) is 0 Å². The number of fused-ring (bicyclic) bond motifs is 1. The van der Waals surface area contributed by atoms with E-state index < -0.39 is 5.97 Å². The molecule has 0 aliphatic heterocycles. The van der Waals surface area contributed by atoms with E-state index >= 15 is 0 Å². The van der Waals surface area contributed by atoms with E-state index in [9.17, 15) is 9.59 Å². The van der Waals surface area contributed by atoms with E-state index in [2.05, 4.69) is 18.2 Å². The van der Waals surface area contributed by atoms with Crippen LogP contribution in [0.15, 0.2) is 59.0 Å². The van der Waals surface area contributed by atoms with Crippen molar-refractivity contribution in [2.45, 2.75) is 27.7 Å². The molecule has 0 amide bonds. The van der Waals surface area contributed by atoms with Crippen molar-refractivity contribution in [3.8, 4) is 5.69 Å². The summed E-state index contributed by atoms with van der Waals surface area (Å²) in [5.41, 5.74) is 6.25. The second-order valence-corrected chi connectivity index (χ2v) is 7.61. The number of para-hydroxylation sites is 1. The molecule has 0 saturated heterocycles. The van der Waals surface area contributed by atoms with Gasteiger partial charge in [0.15, 0.2) is 6.61 Å². The zero-order valence-electron chi connectivity index (χ0n) is 17.5. The van der Waals surface area contributed by atoms with Gasteiger partial charge in [-0.2, -0.15) is 0 Å². The van der Waals surface area contributed by atoms with Crippen LogP contribution in [0.3, 0.4) is 0 Å². The molecule has 2 heterocycles. The molecule has 5 nitrogen and oxygen atoms in total. The van der Waals surface area contributed by atoms with E-state index in [1.807, 2.05) is 56.5 Å². The van der Waals surface area contributed by atoms with Gasteiger partial charge >= 0.3 is 5.97 Å². The van der Waals surface area contributed by atoms with Gasteiger partial charge < -0.3 is 13.7 Å². The van der Waals surface area contributed by atoms with Crippen LogP contribution in [0.25, 0.3) is 16.7 Å². The van der Waals surface area contributed by atoms with Crippen molar-refractivity contribution >= 4 is 22.7 Å². The predicted octanol–water partition coefficient (Wildman–Crippen LogP) is 5.50. The number of Topliss-reactive ketones (excluding diaryl/α,β-unsaturated/α-hetero) is 1. The summed E-state index contributed by atoms with van der Waals surface area (Å²) in [6.07, 6.45) is 0. The Kier molecular flexibility index (Phi) is 5.04. The quantitative estimate of drug-likeness (QED) is 0.327. The zero-order valence-corrected chi connectivity index (χ0v) is 17.5. The largest absolute Gasteiger partial charge is 0.451 e. The van der Waals surface area contributed by atoms with Gasteiger partial charge in [-0.25, -0.2) is 4.79 Å². The molecule has 0 saturated carbocycles. The fourth-order valence-corrected chi connectivity index (χ4v) is 3.88. The van der Waals surface area contributed by atoms with Crippen LogP contribution in [0.5, 0.6) is 0 Å². The SMILES string of the molecule is Cc1cc(C)cc(-n2c(C)cc(C(=O)COC(=O)c3cc4ccccc4o3)c2C)c1. The lowest BCUT2D eigenvalue weighted by Gasteiger charge is -2.12. The Morgan fingerprint density at radius 2 is 1.63 bits per heavy atom. The molecule has 0 radical (unpaired) electrons. The second kappa shape index (κ2) is 7.67. The highest BCUT2D eigenvalue weighted by atomic mass is 16.5. The monoisotopic (exact) mass is 401 g/mol. The van der Waals surface area contributed by atoms with Crippen LogP contribution in [0.1, 0.15) is 43.4 Å². The van der Waals surface area contributed by atoms with E-state index in [-0.39, 0.29) is 18.2 Å². The third-order valence-corrected chi connectivity index (χ3v) is 5.16. The van der Waals surface area contributed by atoms with Crippen LogP contribution in [-0.4, -0.2) is 22.9 Å². The van der Waals surface area contributed by atoms with Crippen LogP contribution in [-0.2, 0) is 4.74 Å². The number of nitrogens with zero attached hydrogens (tertiary/aromatic N) is 1. The van der Waals surface area contributed by atoms with E-state index in [4.69, 9.17) is 9.15 Å². The van der Waals surface area contributed by atoms with Crippen molar-refractivity contribution in [2.75, 3.05) is 6.61 Å². The van der Waals surface area contributed by atoms with Gasteiger partial charge in [-0.05, 0) is 69.2 Å². The van der Waals surface area contributed by atoms with Crippen molar-refractivity contribution in [1.29, 1.82) is 0 Å². The number of carbonyl (C=O) groups excluding carboxylic acids is 2. The van der Waals surface area contributed by atoms with Crippen LogP contribution in [0, 0.1) is 27.7 Å². The first-order valence-electron chi connectivity index (χ1n) is 9.80. The lowest BCUT2D eigenvalue weighted by Crippen LogP contribution is -2.14. The van der Waals surface area contributed by atoms with Crippen LogP contribution in [0.4, 0.5) is 0 Å². The number of carbonyl (C=O) groups is 2. The summed E-state index contributed by atoms with van der Waals surface area (Å²) < 4.78 is 12.8. The molecule has 0 aliphatic carbocycles. The fraction of sp³-hybridized carbons (Fsp3) is 0.200. The van der Waals surface area contributed by atoms with Gasteiger partial charge in [-0.15, -0.1) is 0 Å². The number of esters is 1. The van der Waals surface area contributed by atoms with E-state index in [0.717, 1.165) is 33.6 Å². The highest BCUT2D eigenvalue weighted by molar-refractivity contribution is 6.00. The summed E-state index contributed by atoms with van der Waals surface area (Å²) in [6.45, 7) is 7.62. The van der Waals surface area contributed by atoms with Crippen molar-refractivity contribution in [3.05, 3.63) is 88.4 Å². The first kappa shape index (κ1) is 19.7. The summed E-state index contributed by atoms with van der Waals surface area (Å²) in [4.78, 5) is 25.1. The molecular formula is C25H23NO4. The highest BCUT2D eigenvalue weighted by Gasteiger charge is 2.20. The molecule has 0 N–H and O–H groups in total. The molecule has 0 atom stereocenters. The van der Waals surface area contributed by atoms with Crippen molar-refractivity contribution in [3.63, 3.8) is 0 Å². The molecule has 0 spiro atoms. The number of rotatable bonds is 5. The Labute approximate surface area is 174 Å². The maximum atomic E-state index is 12.8. The van der Waals surface area contributed by atoms with Gasteiger partial charge in [0, 0.05) is 28.0 Å². The Morgan fingerprint density at radius 1 is 0.933 bits per heavy atom. The molecule has 2 aromatic heterocycles. The third-order valence-electron chi connectivity index (χ3n) is 5.16. The van der Waals surface area contributed by atoms with Crippen molar-refractivity contribution < 1.29 is 18.7 Å². The zero-order chi connectivity index (χ0) is 21.4. The molecule has 0 aliphatic rings. The smallest absolute Gasteiger partial charge is 0.374 e. The average Bonchev–Trinajstić information content (AvgIpc) is 3.25. The number of aromatic nitrogens is 1. The lowest BCUT2D eigenvalue weighted by atomic mass is 10.1. The second-order valence-electron chi connectivity index (χ2n) is 7.61. The topological polar surface area (TPSA) is 61.4 Å². The fourth-order valence-electron chi connectivity index (χ4n) is 3.88. The van der Waals surface area contributed by atoms with E-state index in [1.165, 1.54) is 0 Å². The first-order chi connectivity index (χ1) is 14.3. The summed E-state index contributed by atoms with van der Waals surface area (Å²) in [7, 11) is 0. The molecule has 152 valence electrons. The molecule has 2 aromatic carbocycles.